The van der Waals surface area contributed by atoms with Crippen LogP contribution in [0.2, 0.25) is 0 Å². The maximum atomic E-state index is 12.8. The first-order valence-corrected chi connectivity index (χ1v) is 11.9. The highest BCUT2D eigenvalue weighted by Crippen LogP contribution is 2.23. The molecule has 0 aliphatic rings. The third kappa shape index (κ3) is 5.48. The van der Waals surface area contributed by atoms with Gasteiger partial charge >= 0.3 is 0 Å². The Balaban J connectivity index is 1.44. The van der Waals surface area contributed by atoms with Gasteiger partial charge in [-0.3, -0.25) is 4.79 Å². The number of benzene rings is 3. The average molecular weight is 456 g/mol. The summed E-state index contributed by atoms with van der Waals surface area (Å²) in [5.41, 5.74) is 6.57. The number of hydrogen-bond acceptors (Lipinski definition) is 3. The van der Waals surface area contributed by atoms with E-state index in [1.54, 1.807) is 0 Å². The second-order valence-corrected chi connectivity index (χ2v) is 8.97. The first kappa shape index (κ1) is 23.6. The fraction of sp³-hybridized carbons (Fsp3) is 0.310. The number of carbonyl (C=O) groups excluding carboxylic acids is 1. The maximum absolute atomic E-state index is 12.8. The molecular formula is C29H33N3O2. The van der Waals surface area contributed by atoms with Crippen molar-refractivity contribution < 1.29 is 9.53 Å². The molecular weight excluding hydrogens is 422 g/mol. The van der Waals surface area contributed by atoms with E-state index in [0.717, 1.165) is 52.3 Å². The molecule has 0 radical (unpaired) electrons. The minimum Gasteiger partial charge on any atom is -0.493 e. The smallest absolute Gasteiger partial charge is 0.225 e. The van der Waals surface area contributed by atoms with Crippen molar-refractivity contribution in [3.05, 3.63) is 94.8 Å². The van der Waals surface area contributed by atoms with Crippen molar-refractivity contribution >= 4 is 16.9 Å². The van der Waals surface area contributed by atoms with Crippen LogP contribution in [0.25, 0.3) is 11.0 Å². The standard InChI is InChI=1S/C29H33N3O2/c1-20-14-15-27(22(3)18-20)34-17-9-16-32-26-13-8-7-12-25(26)31-29(32)23(4)30-28(33)19-24-11-6-5-10-21(24)2/h5-8,10-15,18,23H,9,16-17,19H2,1-4H3,(H,30,33). The topological polar surface area (TPSA) is 56.1 Å². The first-order chi connectivity index (χ1) is 16.4. The Bertz CT molecular complexity index is 1290. The number of ether oxygens (including phenoxy) is 1. The summed E-state index contributed by atoms with van der Waals surface area (Å²) in [6.07, 6.45) is 1.20. The van der Waals surface area contributed by atoms with Crippen LogP contribution in [0.1, 0.15) is 47.5 Å². The highest BCUT2D eigenvalue weighted by Gasteiger charge is 2.19. The minimum atomic E-state index is -0.204. The molecule has 0 spiro atoms. The van der Waals surface area contributed by atoms with Crippen molar-refractivity contribution in [2.45, 2.75) is 53.1 Å². The number of amides is 1. The van der Waals surface area contributed by atoms with Crippen molar-refractivity contribution in [2.24, 2.45) is 0 Å². The number of hydrogen-bond donors (Lipinski definition) is 1. The maximum Gasteiger partial charge on any atom is 0.225 e. The zero-order valence-electron chi connectivity index (χ0n) is 20.5. The monoisotopic (exact) mass is 455 g/mol. The van der Waals surface area contributed by atoms with E-state index < -0.39 is 0 Å². The molecule has 1 atom stereocenters. The molecule has 0 saturated heterocycles. The summed E-state index contributed by atoms with van der Waals surface area (Å²) in [5.74, 6) is 1.79. The Kier molecular flexibility index (Phi) is 7.31. The molecule has 1 heterocycles. The van der Waals surface area contributed by atoms with E-state index in [4.69, 9.17) is 9.72 Å². The predicted molar refractivity (Wildman–Crippen MR) is 137 cm³/mol. The van der Waals surface area contributed by atoms with Crippen molar-refractivity contribution in [1.29, 1.82) is 0 Å². The molecule has 1 unspecified atom stereocenters. The largest absolute Gasteiger partial charge is 0.493 e. The molecule has 34 heavy (non-hydrogen) atoms. The number of rotatable bonds is 9. The number of para-hydroxylation sites is 2. The van der Waals surface area contributed by atoms with Crippen LogP contribution < -0.4 is 10.1 Å². The summed E-state index contributed by atoms with van der Waals surface area (Å²) < 4.78 is 8.25. The molecule has 4 rings (SSSR count). The van der Waals surface area contributed by atoms with Gasteiger partial charge in [0.15, 0.2) is 0 Å². The van der Waals surface area contributed by atoms with Gasteiger partial charge in [-0.2, -0.15) is 0 Å². The third-order valence-corrected chi connectivity index (χ3v) is 6.18. The molecule has 4 aromatic rings. The van der Waals surface area contributed by atoms with E-state index in [2.05, 4.69) is 41.9 Å². The van der Waals surface area contributed by atoms with Gasteiger partial charge in [0.1, 0.15) is 11.6 Å². The van der Waals surface area contributed by atoms with E-state index in [1.807, 2.05) is 62.4 Å². The third-order valence-electron chi connectivity index (χ3n) is 6.18. The van der Waals surface area contributed by atoms with Crippen LogP contribution in [0.3, 0.4) is 0 Å². The highest BCUT2D eigenvalue weighted by molar-refractivity contribution is 5.80. The Morgan fingerprint density at radius 1 is 1.00 bits per heavy atom. The number of nitrogens with zero attached hydrogens (tertiary/aromatic N) is 2. The van der Waals surface area contributed by atoms with Crippen LogP contribution in [0.4, 0.5) is 0 Å². The molecule has 3 aromatic carbocycles. The van der Waals surface area contributed by atoms with Crippen LogP contribution in [-0.4, -0.2) is 22.1 Å². The summed E-state index contributed by atoms with van der Waals surface area (Å²) in [7, 11) is 0. The number of imidazole rings is 1. The van der Waals surface area contributed by atoms with Crippen LogP contribution >= 0.6 is 0 Å². The molecule has 0 aliphatic heterocycles. The Labute approximate surface area is 201 Å². The van der Waals surface area contributed by atoms with Crippen LogP contribution in [0.15, 0.2) is 66.7 Å². The molecule has 176 valence electrons. The number of fused-ring (bicyclic) bond motifs is 1. The summed E-state index contributed by atoms with van der Waals surface area (Å²) in [6.45, 7) is 9.57. The second-order valence-electron chi connectivity index (χ2n) is 8.97. The lowest BCUT2D eigenvalue weighted by Crippen LogP contribution is -2.30. The Morgan fingerprint density at radius 2 is 1.76 bits per heavy atom. The van der Waals surface area contributed by atoms with Gasteiger partial charge in [0, 0.05) is 6.54 Å². The second kappa shape index (κ2) is 10.6. The van der Waals surface area contributed by atoms with Gasteiger partial charge in [0.25, 0.3) is 0 Å². The fourth-order valence-corrected chi connectivity index (χ4v) is 4.36. The summed E-state index contributed by atoms with van der Waals surface area (Å²) >= 11 is 0. The van der Waals surface area contributed by atoms with E-state index in [9.17, 15) is 4.79 Å². The number of carbonyl (C=O) groups is 1. The zero-order chi connectivity index (χ0) is 24.1. The summed E-state index contributed by atoms with van der Waals surface area (Å²) in [5, 5.41) is 3.15. The van der Waals surface area contributed by atoms with E-state index >= 15 is 0 Å². The van der Waals surface area contributed by atoms with Gasteiger partial charge in [0.05, 0.1) is 30.1 Å². The lowest BCUT2D eigenvalue weighted by atomic mass is 10.1. The molecule has 0 bridgehead atoms. The van der Waals surface area contributed by atoms with Crippen LogP contribution in [-0.2, 0) is 17.8 Å². The zero-order valence-corrected chi connectivity index (χ0v) is 20.5. The normalized spacial score (nSPS) is 12.0. The van der Waals surface area contributed by atoms with Gasteiger partial charge < -0.3 is 14.6 Å². The molecule has 0 saturated carbocycles. The van der Waals surface area contributed by atoms with Gasteiger partial charge in [-0.05, 0) is 69.0 Å². The van der Waals surface area contributed by atoms with Crippen LogP contribution in [0.5, 0.6) is 5.75 Å². The Hall–Kier alpha value is -3.60. The molecule has 1 aromatic heterocycles. The summed E-state index contributed by atoms with van der Waals surface area (Å²) in [4.78, 5) is 17.6. The minimum absolute atomic E-state index is 0.00131. The quantitative estimate of drug-likeness (QED) is 0.322. The van der Waals surface area contributed by atoms with Gasteiger partial charge in [-0.1, -0.05) is 54.1 Å². The first-order valence-electron chi connectivity index (χ1n) is 11.9. The van der Waals surface area contributed by atoms with Gasteiger partial charge in [-0.15, -0.1) is 0 Å². The predicted octanol–water partition coefficient (Wildman–Crippen LogP) is 5.85. The van der Waals surface area contributed by atoms with Crippen molar-refractivity contribution in [3.63, 3.8) is 0 Å². The number of aromatic nitrogens is 2. The average Bonchev–Trinajstić information content (AvgIpc) is 3.18. The number of aryl methyl sites for hydroxylation is 4. The van der Waals surface area contributed by atoms with E-state index in [0.29, 0.717) is 13.0 Å². The summed E-state index contributed by atoms with van der Waals surface area (Å²) in [6, 6.07) is 22.2. The van der Waals surface area contributed by atoms with Gasteiger partial charge in [-0.25, -0.2) is 4.98 Å². The lowest BCUT2D eigenvalue weighted by Gasteiger charge is -2.17. The van der Waals surface area contributed by atoms with Crippen molar-refractivity contribution in [2.75, 3.05) is 6.61 Å². The molecule has 0 aliphatic carbocycles. The molecule has 5 nitrogen and oxygen atoms in total. The molecule has 1 N–H and O–H groups in total. The van der Waals surface area contributed by atoms with Crippen molar-refractivity contribution in [3.8, 4) is 5.75 Å². The highest BCUT2D eigenvalue weighted by atomic mass is 16.5. The van der Waals surface area contributed by atoms with E-state index in [1.165, 1.54) is 5.56 Å². The number of nitrogens with one attached hydrogen (secondary N) is 1. The van der Waals surface area contributed by atoms with Gasteiger partial charge in [0.2, 0.25) is 5.91 Å². The SMILES string of the molecule is Cc1ccc(OCCCn2c(C(C)NC(=O)Cc3ccccc3C)nc3ccccc32)c(C)c1. The lowest BCUT2D eigenvalue weighted by molar-refractivity contribution is -0.121. The molecule has 0 fully saturated rings. The van der Waals surface area contributed by atoms with Crippen LogP contribution in [0, 0.1) is 20.8 Å². The fourth-order valence-electron chi connectivity index (χ4n) is 4.36. The molecule has 1 amide bonds. The Morgan fingerprint density at radius 3 is 2.56 bits per heavy atom. The van der Waals surface area contributed by atoms with E-state index in [-0.39, 0.29) is 11.9 Å². The molecule has 5 heteroatoms. The van der Waals surface area contributed by atoms with Crippen molar-refractivity contribution in [1.82, 2.24) is 14.9 Å².